The largest absolute Gasteiger partial charge is 0.352 e. The zero-order valence-electron chi connectivity index (χ0n) is 9.76. The van der Waals surface area contributed by atoms with Crippen molar-refractivity contribution in [2.24, 2.45) is 5.92 Å². The highest BCUT2D eigenvalue weighted by Crippen LogP contribution is 2.27. The number of alkyl halides is 1. The quantitative estimate of drug-likeness (QED) is 0.785. The van der Waals surface area contributed by atoms with Crippen LogP contribution in [-0.2, 0) is 4.79 Å². The highest BCUT2D eigenvalue weighted by Gasteiger charge is 2.22. The molecule has 1 unspecified atom stereocenters. The van der Waals surface area contributed by atoms with Crippen LogP contribution in [0.25, 0.3) is 0 Å². The highest BCUT2D eigenvalue weighted by atomic mass is 79.9. The van der Waals surface area contributed by atoms with Gasteiger partial charge >= 0.3 is 0 Å². The average Bonchev–Trinajstić information content (AvgIpc) is 2.21. The van der Waals surface area contributed by atoms with Crippen molar-refractivity contribution in [3.63, 3.8) is 0 Å². The van der Waals surface area contributed by atoms with E-state index in [1.165, 1.54) is 25.7 Å². The van der Waals surface area contributed by atoms with Gasteiger partial charge in [0.05, 0.1) is 4.83 Å². The summed E-state index contributed by atoms with van der Waals surface area (Å²) in [6, 6.07) is 0.422. The predicted molar refractivity (Wildman–Crippen MR) is 67.2 cm³/mol. The first-order chi connectivity index (χ1) is 7.13. The highest BCUT2D eigenvalue weighted by molar-refractivity contribution is 9.10. The third-order valence-corrected chi connectivity index (χ3v) is 3.67. The second-order valence-electron chi connectivity index (χ2n) is 4.63. The first kappa shape index (κ1) is 13.0. The molecule has 0 bridgehead atoms. The molecule has 2 nitrogen and oxygen atoms in total. The van der Waals surface area contributed by atoms with Gasteiger partial charge in [-0.25, -0.2) is 0 Å². The molecule has 1 N–H and O–H groups in total. The van der Waals surface area contributed by atoms with E-state index in [0.29, 0.717) is 6.04 Å². The minimum atomic E-state index is -0.0640. The second-order valence-corrected chi connectivity index (χ2v) is 6.00. The van der Waals surface area contributed by atoms with Crippen LogP contribution >= 0.6 is 15.9 Å². The van der Waals surface area contributed by atoms with Gasteiger partial charge in [-0.15, -0.1) is 0 Å². The van der Waals surface area contributed by atoms with Gasteiger partial charge in [0.15, 0.2) is 0 Å². The summed E-state index contributed by atoms with van der Waals surface area (Å²) < 4.78 is 0. The molecule has 0 saturated heterocycles. The Bertz CT molecular complexity index is 198. The minimum Gasteiger partial charge on any atom is -0.352 e. The number of hydrogen-bond acceptors (Lipinski definition) is 1. The third kappa shape index (κ3) is 4.54. The molecular weight excluding hydrogens is 254 g/mol. The molecule has 1 fully saturated rings. The molecule has 15 heavy (non-hydrogen) atoms. The van der Waals surface area contributed by atoms with E-state index in [9.17, 15) is 4.79 Å². The van der Waals surface area contributed by atoms with E-state index in [4.69, 9.17) is 0 Å². The minimum absolute atomic E-state index is 0.0640. The summed E-state index contributed by atoms with van der Waals surface area (Å²) in [5, 5.41) is 3.10. The molecule has 0 radical (unpaired) electrons. The van der Waals surface area contributed by atoms with Gasteiger partial charge in [0.25, 0.3) is 0 Å². The Kier molecular flexibility index (Phi) is 5.65. The summed E-state index contributed by atoms with van der Waals surface area (Å²) >= 11 is 3.29. The molecule has 0 aliphatic heterocycles. The Balaban J connectivity index is 2.22. The Morgan fingerprint density at radius 3 is 2.47 bits per heavy atom. The Morgan fingerprint density at radius 1 is 1.40 bits per heavy atom. The number of carbonyl (C=O) groups excluding carboxylic acids is 1. The molecule has 0 aromatic heterocycles. The molecule has 1 amide bonds. The van der Waals surface area contributed by atoms with Gasteiger partial charge < -0.3 is 5.32 Å². The molecule has 0 heterocycles. The van der Waals surface area contributed by atoms with E-state index in [2.05, 4.69) is 28.2 Å². The van der Waals surface area contributed by atoms with Gasteiger partial charge in [0.2, 0.25) is 5.91 Å². The number of rotatable bonds is 4. The molecule has 1 rings (SSSR count). The molecule has 1 atom stereocenters. The molecule has 88 valence electrons. The van der Waals surface area contributed by atoms with Gasteiger partial charge in [-0.2, -0.15) is 0 Å². The molecule has 0 aromatic rings. The first-order valence-electron chi connectivity index (χ1n) is 6.08. The summed E-state index contributed by atoms with van der Waals surface area (Å²) in [5.41, 5.74) is 0. The fourth-order valence-electron chi connectivity index (χ4n) is 2.32. The first-order valence-corrected chi connectivity index (χ1v) is 6.99. The number of nitrogens with one attached hydrogen (secondary N) is 1. The molecular formula is C12H22BrNO. The fraction of sp³-hybridized carbons (Fsp3) is 0.917. The van der Waals surface area contributed by atoms with Crippen molar-refractivity contribution in [1.82, 2.24) is 5.32 Å². The van der Waals surface area contributed by atoms with Crippen LogP contribution in [0.1, 0.15) is 52.4 Å². The lowest BCUT2D eigenvalue weighted by atomic mass is 9.83. The summed E-state index contributed by atoms with van der Waals surface area (Å²) in [6.45, 7) is 4.12. The van der Waals surface area contributed by atoms with E-state index in [-0.39, 0.29) is 10.7 Å². The van der Waals surface area contributed by atoms with Gasteiger partial charge in [0.1, 0.15) is 0 Å². The van der Waals surface area contributed by atoms with Crippen LogP contribution in [0.15, 0.2) is 0 Å². The Morgan fingerprint density at radius 2 is 2.00 bits per heavy atom. The van der Waals surface area contributed by atoms with Crippen LogP contribution in [0.2, 0.25) is 0 Å². The molecule has 1 aliphatic carbocycles. The van der Waals surface area contributed by atoms with Crippen LogP contribution in [0.4, 0.5) is 0 Å². The third-order valence-electron chi connectivity index (χ3n) is 3.25. The Labute approximate surface area is 101 Å². The van der Waals surface area contributed by atoms with E-state index in [1.807, 2.05) is 6.92 Å². The van der Waals surface area contributed by atoms with Crippen molar-refractivity contribution in [2.75, 3.05) is 0 Å². The van der Waals surface area contributed by atoms with Crippen LogP contribution in [0, 0.1) is 5.92 Å². The van der Waals surface area contributed by atoms with Crippen molar-refractivity contribution in [3.05, 3.63) is 0 Å². The number of amides is 1. The maximum atomic E-state index is 11.5. The zero-order chi connectivity index (χ0) is 11.3. The zero-order valence-corrected chi connectivity index (χ0v) is 11.3. The lowest BCUT2D eigenvalue weighted by molar-refractivity contribution is -0.121. The van der Waals surface area contributed by atoms with Crippen LogP contribution in [0.3, 0.4) is 0 Å². The van der Waals surface area contributed by atoms with Crippen molar-refractivity contribution in [2.45, 2.75) is 63.2 Å². The van der Waals surface area contributed by atoms with Gasteiger partial charge in [-0.05, 0) is 38.5 Å². The normalized spacial score (nSPS) is 28.5. The number of hydrogen-bond donors (Lipinski definition) is 1. The summed E-state index contributed by atoms with van der Waals surface area (Å²) in [5.74, 6) is 1.04. The molecule has 3 heteroatoms. The molecule has 0 spiro atoms. The summed E-state index contributed by atoms with van der Waals surface area (Å²) in [4.78, 5) is 11.4. The predicted octanol–water partition coefficient (Wildman–Crippen LogP) is 3.24. The van der Waals surface area contributed by atoms with Gasteiger partial charge in [-0.1, -0.05) is 35.7 Å². The summed E-state index contributed by atoms with van der Waals surface area (Å²) in [7, 11) is 0. The second kappa shape index (κ2) is 6.51. The lowest BCUT2D eigenvalue weighted by Crippen LogP contribution is -2.40. The van der Waals surface area contributed by atoms with Crippen molar-refractivity contribution >= 4 is 21.8 Å². The topological polar surface area (TPSA) is 29.1 Å². The van der Waals surface area contributed by atoms with E-state index < -0.39 is 0 Å². The fourth-order valence-corrected chi connectivity index (χ4v) is 2.45. The SMILES string of the molecule is CCCC1CCC(NC(=O)C(C)Br)CC1. The lowest BCUT2D eigenvalue weighted by Gasteiger charge is -2.29. The maximum Gasteiger partial charge on any atom is 0.233 e. The maximum absolute atomic E-state index is 11.5. The molecule has 1 saturated carbocycles. The van der Waals surface area contributed by atoms with Gasteiger partial charge in [0, 0.05) is 6.04 Å². The standard InChI is InChI=1S/C12H22BrNO/c1-3-4-10-5-7-11(8-6-10)14-12(15)9(2)13/h9-11H,3-8H2,1-2H3,(H,14,15). The van der Waals surface area contributed by atoms with Crippen molar-refractivity contribution < 1.29 is 4.79 Å². The van der Waals surface area contributed by atoms with E-state index in [0.717, 1.165) is 18.8 Å². The smallest absolute Gasteiger partial charge is 0.233 e. The Hall–Kier alpha value is -0.0500. The molecule has 0 aromatic carbocycles. The van der Waals surface area contributed by atoms with E-state index in [1.54, 1.807) is 0 Å². The van der Waals surface area contributed by atoms with Crippen LogP contribution in [0.5, 0.6) is 0 Å². The van der Waals surface area contributed by atoms with Gasteiger partial charge in [-0.3, -0.25) is 4.79 Å². The summed E-state index contributed by atoms with van der Waals surface area (Å²) in [6.07, 6.45) is 7.55. The monoisotopic (exact) mass is 275 g/mol. The average molecular weight is 276 g/mol. The van der Waals surface area contributed by atoms with Crippen molar-refractivity contribution in [1.29, 1.82) is 0 Å². The van der Waals surface area contributed by atoms with E-state index >= 15 is 0 Å². The number of carbonyl (C=O) groups is 1. The van der Waals surface area contributed by atoms with Crippen molar-refractivity contribution in [3.8, 4) is 0 Å². The molecule has 1 aliphatic rings. The number of halogens is 1. The van der Waals surface area contributed by atoms with Crippen LogP contribution in [-0.4, -0.2) is 16.8 Å². The van der Waals surface area contributed by atoms with Crippen LogP contribution < -0.4 is 5.32 Å².